The molecule has 0 unspecified atom stereocenters. The summed E-state index contributed by atoms with van der Waals surface area (Å²) in [6.45, 7) is 9.18. The Bertz CT molecular complexity index is 833. The molecule has 162 valence electrons. The Hall–Kier alpha value is -2.14. The number of carbonyl (C=O) groups is 2. The fourth-order valence-corrected chi connectivity index (χ4v) is 3.72. The molecule has 0 saturated carbocycles. The standard InChI is InChI=1S/C25H33BrN2O2/c1-5-15-27-25(30)19(4)28(17-21-7-6-8-23(26)16-21)24(29)14-11-20-9-12-22(13-10-20)18(2)3/h6-10,12-13,16,18-19H,5,11,14-15,17H2,1-4H3,(H,27,30)/t19-/m1/s1. The maximum Gasteiger partial charge on any atom is 0.242 e. The van der Waals surface area contributed by atoms with Gasteiger partial charge in [0, 0.05) is 24.0 Å². The second-order valence-electron chi connectivity index (χ2n) is 8.01. The number of benzene rings is 2. The van der Waals surface area contributed by atoms with Crippen LogP contribution in [0.4, 0.5) is 0 Å². The van der Waals surface area contributed by atoms with Crippen LogP contribution in [0.25, 0.3) is 0 Å². The summed E-state index contributed by atoms with van der Waals surface area (Å²) in [5, 5.41) is 2.91. The smallest absolute Gasteiger partial charge is 0.242 e. The monoisotopic (exact) mass is 472 g/mol. The van der Waals surface area contributed by atoms with Crippen LogP contribution in [0.2, 0.25) is 0 Å². The van der Waals surface area contributed by atoms with Crippen LogP contribution >= 0.6 is 15.9 Å². The van der Waals surface area contributed by atoms with Crippen LogP contribution in [0.3, 0.4) is 0 Å². The third-order valence-electron chi connectivity index (χ3n) is 5.23. The van der Waals surface area contributed by atoms with E-state index in [1.165, 1.54) is 5.56 Å². The fourth-order valence-electron chi connectivity index (χ4n) is 3.27. The van der Waals surface area contributed by atoms with Gasteiger partial charge in [-0.1, -0.05) is 73.1 Å². The first-order chi connectivity index (χ1) is 14.3. The SMILES string of the molecule is CCCNC(=O)[C@@H](C)N(Cc1cccc(Br)c1)C(=O)CCc1ccc(C(C)C)cc1. The minimum Gasteiger partial charge on any atom is -0.354 e. The van der Waals surface area contributed by atoms with Gasteiger partial charge in [-0.05, 0) is 54.5 Å². The fraction of sp³-hybridized carbons (Fsp3) is 0.440. The predicted octanol–water partition coefficient (Wildman–Crippen LogP) is 5.45. The molecule has 5 heteroatoms. The summed E-state index contributed by atoms with van der Waals surface area (Å²) < 4.78 is 0.959. The highest BCUT2D eigenvalue weighted by atomic mass is 79.9. The van der Waals surface area contributed by atoms with Gasteiger partial charge in [0.2, 0.25) is 11.8 Å². The first kappa shape index (κ1) is 24.1. The van der Waals surface area contributed by atoms with Crippen LogP contribution in [0.5, 0.6) is 0 Å². The summed E-state index contributed by atoms with van der Waals surface area (Å²) in [6, 6.07) is 15.8. The highest BCUT2D eigenvalue weighted by Crippen LogP contribution is 2.18. The number of nitrogens with one attached hydrogen (secondary N) is 1. The van der Waals surface area contributed by atoms with Crippen molar-refractivity contribution in [2.24, 2.45) is 0 Å². The minimum absolute atomic E-state index is 0.0120. The zero-order valence-corrected chi connectivity index (χ0v) is 20.0. The summed E-state index contributed by atoms with van der Waals surface area (Å²) in [5.41, 5.74) is 3.43. The topological polar surface area (TPSA) is 49.4 Å². The Labute approximate surface area is 189 Å². The zero-order chi connectivity index (χ0) is 22.1. The lowest BCUT2D eigenvalue weighted by Crippen LogP contribution is -2.47. The van der Waals surface area contributed by atoms with E-state index < -0.39 is 6.04 Å². The van der Waals surface area contributed by atoms with Crippen LogP contribution in [0.1, 0.15) is 63.1 Å². The van der Waals surface area contributed by atoms with Crippen molar-refractivity contribution in [1.29, 1.82) is 0 Å². The summed E-state index contributed by atoms with van der Waals surface area (Å²) in [5.74, 6) is 0.368. The van der Waals surface area contributed by atoms with Crippen molar-refractivity contribution in [1.82, 2.24) is 10.2 Å². The summed E-state index contributed by atoms with van der Waals surface area (Å²) >= 11 is 3.48. The molecule has 0 radical (unpaired) electrons. The number of hydrogen-bond donors (Lipinski definition) is 1. The third-order valence-corrected chi connectivity index (χ3v) is 5.73. The van der Waals surface area contributed by atoms with E-state index in [0.717, 1.165) is 22.0 Å². The normalized spacial score (nSPS) is 11.9. The lowest BCUT2D eigenvalue weighted by Gasteiger charge is -2.29. The quantitative estimate of drug-likeness (QED) is 0.499. The van der Waals surface area contributed by atoms with E-state index in [1.54, 1.807) is 11.8 Å². The largest absolute Gasteiger partial charge is 0.354 e. The number of nitrogens with zero attached hydrogens (tertiary/aromatic N) is 1. The van der Waals surface area contributed by atoms with Gasteiger partial charge in [-0.25, -0.2) is 0 Å². The van der Waals surface area contributed by atoms with Crippen molar-refractivity contribution in [3.8, 4) is 0 Å². The molecule has 0 aromatic heterocycles. The second-order valence-corrected chi connectivity index (χ2v) is 8.93. The van der Waals surface area contributed by atoms with E-state index in [2.05, 4.69) is 59.4 Å². The number of halogens is 1. The van der Waals surface area contributed by atoms with Crippen LogP contribution < -0.4 is 5.32 Å². The van der Waals surface area contributed by atoms with Crippen molar-refractivity contribution in [3.05, 3.63) is 69.7 Å². The van der Waals surface area contributed by atoms with E-state index in [0.29, 0.717) is 31.8 Å². The molecule has 0 spiro atoms. The molecule has 0 bridgehead atoms. The highest BCUT2D eigenvalue weighted by molar-refractivity contribution is 9.10. The van der Waals surface area contributed by atoms with Gasteiger partial charge in [-0.3, -0.25) is 9.59 Å². The Kier molecular flexibility index (Phi) is 9.57. The molecule has 2 aromatic carbocycles. The lowest BCUT2D eigenvalue weighted by atomic mass is 10.00. The number of aryl methyl sites for hydroxylation is 1. The zero-order valence-electron chi connectivity index (χ0n) is 18.5. The van der Waals surface area contributed by atoms with E-state index in [-0.39, 0.29) is 11.8 Å². The molecule has 0 fully saturated rings. The van der Waals surface area contributed by atoms with E-state index in [4.69, 9.17) is 0 Å². The van der Waals surface area contributed by atoms with Gasteiger partial charge in [-0.15, -0.1) is 0 Å². The van der Waals surface area contributed by atoms with Gasteiger partial charge in [0.05, 0.1) is 0 Å². The van der Waals surface area contributed by atoms with Crippen LogP contribution in [0.15, 0.2) is 53.0 Å². The van der Waals surface area contributed by atoms with Crippen molar-refractivity contribution in [3.63, 3.8) is 0 Å². The van der Waals surface area contributed by atoms with Crippen LogP contribution in [-0.4, -0.2) is 29.3 Å². The molecular formula is C25H33BrN2O2. The maximum atomic E-state index is 13.1. The summed E-state index contributed by atoms with van der Waals surface area (Å²) in [6.07, 6.45) is 1.90. The molecular weight excluding hydrogens is 440 g/mol. The average Bonchev–Trinajstić information content (AvgIpc) is 2.74. The van der Waals surface area contributed by atoms with Crippen molar-refractivity contribution in [2.75, 3.05) is 6.54 Å². The third kappa shape index (κ3) is 7.28. The lowest BCUT2D eigenvalue weighted by molar-refractivity contribution is -0.140. The molecule has 2 amide bonds. The van der Waals surface area contributed by atoms with Crippen LogP contribution in [-0.2, 0) is 22.6 Å². The molecule has 4 nitrogen and oxygen atoms in total. The Morgan fingerprint density at radius 2 is 1.73 bits per heavy atom. The number of carbonyl (C=O) groups excluding carboxylic acids is 2. The first-order valence-electron chi connectivity index (χ1n) is 10.7. The molecule has 2 rings (SSSR count). The van der Waals surface area contributed by atoms with Gasteiger partial charge in [-0.2, -0.15) is 0 Å². The molecule has 0 aliphatic heterocycles. The molecule has 0 aliphatic rings. The van der Waals surface area contributed by atoms with Gasteiger partial charge in [0.15, 0.2) is 0 Å². The summed E-state index contributed by atoms with van der Waals surface area (Å²) in [7, 11) is 0. The molecule has 30 heavy (non-hydrogen) atoms. The molecule has 1 N–H and O–H groups in total. The van der Waals surface area contributed by atoms with Gasteiger partial charge < -0.3 is 10.2 Å². The van der Waals surface area contributed by atoms with E-state index in [1.807, 2.05) is 31.2 Å². The minimum atomic E-state index is -0.522. The van der Waals surface area contributed by atoms with Gasteiger partial charge in [0.1, 0.15) is 6.04 Å². The van der Waals surface area contributed by atoms with E-state index in [9.17, 15) is 9.59 Å². The number of hydrogen-bond acceptors (Lipinski definition) is 2. The molecule has 0 saturated heterocycles. The highest BCUT2D eigenvalue weighted by Gasteiger charge is 2.25. The Morgan fingerprint density at radius 3 is 2.33 bits per heavy atom. The van der Waals surface area contributed by atoms with Gasteiger partial charge in [0.25, 0.3) is 0 Å². The number of rotatable bonds is 10. The maximum absolute atomic E-state index is 13.1. The first-order valence-corrected chi connectivity index (χ1v) is 11.5. The second kappa shape index (κ2) is 11.9. The predicted molar refractivity (Wildman–Crippen MR) is 126 cm³/mol. The number of amides is 2. The molecule has 0 heterocycles. The Morgan fingerprint density at radius 1 is 1.03 bits per heavy atom. The van der Waals surface area contributed by atoms with E-state index >= 15 is 0 Å². The van der Waals surface area contributed by atoms with Crippen molar-refractivity contribution >= 4 is 27.7 Å². The molecule has 0 aliphatic carbocycles. The van der Waals surface area contributed by atoms with Gasteiger partial charge >= 0.3 is 0 Å². The Balaban J connectivity index is 2.11. The molecule has 1 atom stereocenters. The van der Waals surface area contributed by atoms with Crippen LogP contribution in [0, 0.1) is 0 Å². The van der Waals surface area contributed by atoms with Crippen molar-refractivity contribution in [2.45, 2.75) is 65.5 Å². The average molecular weight is 473 g/mol. The van der Waals surface area contributed by atoms with Crippen molar-refractivity contribution < 1.29 is 9.59 Å². The molecule has 2 aromatic rings. The summed E-state index contributed by atoms with van der Waals surface area (Å²) in [4.78, 5) is 27.4.